The predicted octanol–water partition coefficient (Wildman–Crippen LogP) is 2.12. The van der Waals surface area contributed by atoms with E-state index < -0.39 is 0 Å². The van der Waals surface area contributed by atoms with Crippen LogP contribution in [0.1, 0.15) is 41.3 Å². The Bertz CT molecular complexity index is 896. The smallest absolute Gasteiger partial charge is 0.254 e. The Morgan fingerprint density at radius 2 is 1.87 bits per heavy atom. The van der Waals surface area contributed by atoms with Crippen molar-refractivity contribution < 1.29 is 9.59 Å². The Hall–Kier alpha value is -3.35. The van der Waals surface area contributed by atoms with Crippen molar-refractivity contribution >= 4 is 17.8 Å². The van der Waals surface area contributed by atoms with Crippen molar-refractivity contribution in [2.75, 3.05) is 32.7 Å². The Balaban J connectivity index is 1.56. The van der Waals surface area contributed by atoms with Crippen LogP contribution < -0.4 is 16.0 Å². The predicted molar refractivity (Wildman–Crippen MR) is 123 cm³/mol. The van der Waals surface area contributed by atoms with Gasteiger partial charge in [-0.25, -0.2) is 4.99 Å². The molecule has 0 saturated carbocycles. The van der Waals surface area contributed by atoms with E-state index in [4.69, 9.17) is 0 Å². The van der Waals surface area contributed by atoms with Crippen LogP contribution in [-0.4, -0.2) is 55.4 Å². The minimum atomic E-state index is -0.116. The molecule has 1 aliphatic heterocycles. The molecule has 2 aromatic carbocycles. The summed E-state index contributed by atoms with van der Waals surface area (Å²) in [5.74, 6) is 0.905. The first-order valence-electron chi connectivity index (χ1n) is 10.8. The molecule has 2 amide bonds. The standard InChI is InChI=1S/C24H31N5O2/c1-3-25-24(27-15-18(2)20-7-5-4-6-8-20)28-16-19-9-11-21(12-10-19)23(31)29-14-13-26-22(30)17-29/h4-12,18H,3,13-17H2,1-2H3,(H,26,30)(H2,25,27,28). The lowest BCUT2D eigenvalue weighted by molar-refractivity contribution is -0.123. The zero-order valence-electron chi connectivity index (χ0n) is 18.2. The molecule has 0 aliphatic carbocycles. The lowest BCUT2D eigenvalue weighted by atomic mass is 10.0. The topological polar surface area (TPSA) is 85.8 Å². The molecule has 2 aromatic rings. The number of nitrogens with one attached hydrogen (secondary N) is 3. The highest BCUT2D eigenvalue weighted by Crippen LogP contribution is 2.13. The number of piperazine rings is 1. The second kappa shape index (κ2) is 11.2. The van der Waals surface area contributed by atoms with Gasteiger partial charge in [-0.05, 0) is 36.1 Å². The first-order chi connectivity index (χ1) is 15.1. The summed E-state index contributed by atoms with van der Waals surface area (Å²) in [5, 5.41) is 9.41. The van der Waals surface area contributed by atoms with Crippen molar-refractivity contribution in [2.45, 2.75) is 26.3 Å². The van der Waals surface area contributed by atoms with Crippen molar-refractivity contribution in [1.82, 2.24) is 20.9 Å². The second-order valence-corrected chi connectivity index (χ2v) is 7.66. The molecule has 0 aromatic heterocycles. The number of hydrogen-bond donors (Lipinski definition) is 3. The average molecular weight is 422 g/mol. The normalized spacial score (nSPS) is 15.2. The second-order valence-electron chi connectivity index (χ2n) is 7.66. The number of rotatable bonds is 7. The summed E-state index contributed by atoms with van der Waals surface area (Å²) in [6, 6.07) is 17.8. The molecule has 1 fully saturated rings. The largest absolute Gasteiger partial charge is 0.357 e. The van der Waals surface area contributed by atoms with Crippen LogP contribution in [0.3, 0.4) is 0 Å². The molecule has 0 bridgehead atoms. The van der Waals surface area contributed by atoms with Gasteiger partial charge in [0.15, 0.2) is 5.96 Å². The highest BCUT2D eigenvalue weighted by atomic mass is 16.2. The van der Waals surface area contributed by atoms with Crippen molar-refractivity contribution in [3.8, 4) is 0 Å². The molecule has 1 atom stereocenters. The molecule has 1 aliphatic rings. The quantitative estimate of drug-likeness (QED) is 0.472. The van der Waals surface area contributed by atoms with Gasteiger partial charge in [0, 0.05) is 31.7 Å². The summed E-state index contributed by atoms with van der Waals surface area (Å²) in [6.45, 7) is 7.46. The summed E-state index contributed by atoms with van der Waals surface area (Å²) in [5.41, 5.74) is 2.89. The van der Waals surface area contributed by atoms with E-state index in [-0.39, 0.29) is 18.4 Å². The molecule has 7 nitrogen and oxygen atoms in total. The molecule has 0 radical (unpaired) electrons. The van der Waals surface area contributed by atoms with Gasteiger partial charge in [-0.3, -0.25) is 9.59 Å². The molecule has 0 spiro atoms. The maximum Gasteiger partial charge on any atom is 0.254 e. The van der Waals surface area contributed by atoms with Gasteiger partial charge >= 0.3 is 0 Å². The molecule has 3 N–H and O–H groups in total. The summed E-state index contributed by atoms with van der Waals surface area (Å²) in [7, 11) is 0. The summed E-state index contributed by atoms with van der Waals surface area (Å²) >= 11 is 0. The first-order valence-corrected chi connectivity index (χ1v) is 10.8. The van der Waals surface area contributed by atoms with Gasteiger partial charge < -0.3 is 20.9 Å². The third-order valence-corrected chi connectivity index (χ3v) is 5.23. The number of aliphatic imine (C=N–C) groups is 1. The molecule has 7 heteroatoms. The van der Waals surface area contributed by atoms with Crippen LogP contribution in [0, 0.1) is 0 Å². The summed E-state index contributed by atoms with van der Waals surface area (Å²) in [4.78, 5) is 30.3. The van der Waals surface area contributed by atoms with Crippen LogP contribution in [0.4, 0.5) is 0 Å². The van der Waals surface area contributed by atoms with Gasteiger partial charge in [-0.2, -0.15) is 0 Å². The first kappa shape index (κ1) is 22.3. The molecular weight excluding hydrogens is 390 g/mol. The van der Waals surface area contributed by atoms with Crippen LogP contribution in [0.2, 0.25) is 0 Å². The van der Waals surface area contributed by atoms with Gasteiger partial charge in [0.2, 0.25) is 5.91 Å². The van der Waals surface area contributed by atoms with Crippen LogP contribution in [0.5, 0.6) is 0 Å². The van der Waals surface area contributed by atoms with Gasteiger partial charge in [0.1, 0.15) is 0 Å². The molecule has 1 heterocycles. The number of hydrogen-bond acceptors (Lipinski definition) is 3. The monoisotopic (exact) mass is 421 g/mol. The fourth-order valence-corrected chi connectivity index (χ4v) is 3.41. The maximum atomic E-state index is 12.6. The van der Waals surface area contributed by atoms with E-state index in [1.807, 2.05) is 25.1 Å². The van der Waals surface area contributed by atoms with E-state index in [2.05, 4.69) is 52.1 Å². The average Bonchev–Trinajstić information content (AvgIpc) is 2.81. The van der Waals surface area contributed by atoms with Gasteiger partial charge in [0.05, 0.1) is 13.1 Å². The van der Waals surface area contributed by atoms with E-state index in [0.717, 1.165) is 24.6 Å². The number of nitrogens with zero attached hydrogens (tertiary/aromatic N) is 2. The Morgan fingerprint density at radius 3 is 2.55 bits per heavy atom. The third kappa shape index (κ3) is 6.57. The maximum absolute atomic E-state index is 12.6. The molecule has 31 heavy (non-hydrogen) atoms. The molecular formula is C24H31N5O2. The fraction of sp³-hybridized carbons (Fsp3) is 0.375. The van der Waals surface area contributed by atoms with Crippen molar-refractivity contribution in [2.24, 2.45) is 4.99 Å². The van der Waals surface area contributed by atoms with Crippen molar-refractivity contribution in [3.05, 3.63) is 71.3 Å². The van der Waals surface area contributed by atoms with Crippen LogP contribution >= 0.6 is 0 Å². The number of guanidine groups is 1. The van der Waals surface area contributed by atoms with Crippen LogP contribution in [0.15, 0.2) is 59.6 Å². The number of benzene rings is 2. The SMILES string of the molecule is CCNC(=NCc1ccc(C(=O)N2CCNC(=O)C2)cc1)NCC(C)c1ccccc1. The van der Waals surface area contributed by atoms with Gasteiger partial charge in [-0.1, -0.05) is 49.4 Å². The van der Waals surface area contributed by atoms with Crippen molar-refractivity contribution in [1.29, 1.82) is 0 Å². The zero-order valence-corrected chi connectivity index (χ0v) is 18.2. The van der Waals surface area contributed by atoms with E-state index in [0.29, 0.717) is 31.1 Å². The number of carbonyl (C=O) groups is 2. The van der Waals surface area contributed by atoms with Crippen molar-refractivity contribution in [3.63, 3.8) is 0 Å². The highest BCUT2D eigenvalue weighted by molar-refractivity contribution is 5.97. The fourth-order valence-electron chi connectivity index (χ4n) is 3.41. The minimum Gasteiger partial charge on any atom is -0.357 e. The van der Waals surface area contributed by atoms with E-state index in [9.17, 15) is 9.59 Å². The molecule has 1 saturated heterocycles. The van der Waals surface area contributed by atoms with E-state index in [1.54, 1.807) is 17.0 Å². The van der Waals surface area contributed by atoms with Gasteiger partial charge in [-0.15, -0.1) is 0 Å². The summed E-state index contributed by atoms with van der Waals surface area (Å²) < 4.78 is 0. The number of carbonyl (C=O) groups excluding carboxylic acids is 2. The Kier molecular flexibility index (Phi) is 8.04. The summed E-state index contributed by atoms with van der Waals surface area (Å²) in [6.07, 6.45) is 0. The lowest BCUT2D eigenvalue weighted by Gasteiger charge is -2.26. The zero-order chi connectivity index (χ0) is 22.1. The minimum absolute atomic E-state index is 0.115. The molecule has 164 valence electrons. The van der Waals surface area contributed by atoms with Crippen LogP contribution in [0.25, 0.3) is 0 Å². The molecule has 1 unspecified atom stereocenters. The molecule has 3 rings (SSSR count). The van der Waals surface area contributed by atoms with Crippen LogP contribution in [-0.2, 0) is 11.3 Å². The van der Waals surface area contributed by atoms with E-state index in [1.165, 1.54) is 5.56 Å². The third-order valence-electron chi connectivity index (χ3n) is 5.23. The van der Waals surface area contributed by atoms with E-state index >= 15 is 0 Å². The highest BCUT2D eigenvalue weighted by Gasteiger charge is 2.22. The van der Waals surface area contributed by atoms with Gasteiger partial charge in [0.25, 0.3) is 5.91 Å². The number of amides is 2. The Morgan fingerprint density at radius 1 is 1.13 bits per heavy atom. The lowest BCUT2D eigenvalue weighted by Crippen LogP contribution is -2.49. The Labute approximate surface area is 183 Å².